The second kappa shape index (κ2) is 6.83. The van der Waals surface area contributed by atoms with Crippen LogP contribution in [0.15, 0.2) is 0 Å². The molecule has 4 nitrogen and oxygen atoms in total. The van der Waals surface area contributed by atoms with E-state index in [0.717, 1.165) is 44.3 Å². The van der Waals surface area contributed by atoms with Crippen LogP contribution in [0.5, 0.6) is 0 Å². The van der Waals surface area contributed by atoms with Crippen molar-refractivity contribution in [3.63, 3.8) is 0 Å². The Balaban J connectivity index is 2.20. The Morgan fingerprint density at radius 1 is 1.30 bits per heavy atom. The molecule has 1 aliphatic carbocycles. The van der Waals surface area contributed by atoms with Crippen molar-refractivity contribution in [2.75, 3.05) is 18.6 Å². The van der Waals surface area contributed by atoms with Crippen molar-refractivity contribution < 1.29 is 9.59 Å². The first-order chi connectivity index (χ1) is 9.64. The summed E-state index contributed by atoms with van der Waals surface area (Å²) in [4.78, 5) is 27.3. The number of thioether (sulfide) groups is 1. The molecule has 0 aromatic rings. The van der Waals surface area contributed by atoms with Crippen LogP contribution in [0.25, 0.3) is 0 Å². The summed E-state index contributed by atoms with van der Waals surface area (Å²) in [6.07, 6.45) is 8.62. The molecule has 1 N–H and O–H groups in total. The molecule has 5 heteroatoms. The van der Waals surface area contributed by atoms with Gasteiger partial charge in [-0.25, -0.2) is 0 Å². The number of carbonyl (C=O) groups excluding carboxylic acids is 2. The summed E-state index contributed by atoms with van der Waals surface area (Å²) in [5, 5.41) is 3.09. The molecule has 2 fully saturated rings. The van der Waals surface area contributed by atoms with E-state index in [2.05, 4.69) is 12.2 Å². The molecule has 2 rings (SSSR count). The van der Waals surface area contributed by atoms with Gasteiger partial charge in [0.25, 0.3) is 0 Å². The van der Waals surface area contributed by atoms with E-state index in [1.54, 1.807) is 11.8 Å². The predicted molar refractivity (Wildman–Crippen MR) is 82.7 cm³/mol. The molecule has 1 aliphatic heterocycles. The fourth-order valence-corrected chi connectivity index (χ4v) is 3.81. The van der Waals surface area contributed by atoms with Gasteiger partial charge in [-0.15, -0.1) is 0 Å². The maximum absolute atomic E-state index is 12.9. The number of nitrogens with zero attached hydrogens (tertiary/aromatic N) is 1. The number of amides is 2. The van der Waals surface area contributed by atoms with Crippen LogP contribution < -0.4 is 5.32 Å². The highest BCUT2D eigenvalue weighted by molar-refractivity contribution is 7.98. The van der Waals surface area contributed by atoms with Gasteiger partial charge in [-0.1, -0.05) is 32.6 Å². The average Bonchev–Trinajstić information content (AvgIpc) is 2.45. The lowest BCUT2D eigenvalue weighted by Crippen LogP contribution is -2.71. The molecule has 0 aromatic heterocycles. The molecule has 1 heterocycles. The second-order valence-electron chi connectivity index (χ2n) is 5.93. The van der Waals surface area contributed by atoms with Crippen LogP contribution in [0.1, 0.15) is 51.9 Å². The Hall–Kier alpha value is -0.710. The van der Waals surface area contributed by atoms with Gasteiger partial charge in [0.05, 0.1) is 0 Å². The Morgan fingerprint density at radius 3 is 2.60 bits per heavy atom. The van der Waals surface area contributed by atoms with Gasteiger partial charge >= 0.3 is 0 Å². The Labute approximate surface area is 126 Å². The van der Waals surface area contributed by atoms with Crippen molar-refractivity contribution in [3.05, 3.63) is 0 Å². The second-order valence-corrected chi connectivity index (χ2v) is 6.91. The third-order valence-electron chi connectivity index (χ3n) is 4.52. The highest BCUT2D eigenvalue weighted by Gasteiger charge is 2.50. The molecular formula is C15H26N2O2S. The van der Waals surface area contributed by atoms with E-state index in [-0.39, 0.29) is 17.9 Å². The minimum Gasteiger partial charge on any atom is -0.340 e. The summed E-state index contributed by atoms with van der Waals surface area (Å²) < 4.78 is 0. The maximum atomic E-state index is 12.9. The number of carbonyl (C=O) groups is 2. The standard InChI is InChI=1S/C15H26N2O2S/c1-3-7-12-13(18)16-15(8-5-4-6-9-15)14(19)17(12)10-11-20-2/h12H,3-11H2,1-2H3,(H,16,18). The van der Waals surface area contributed by atoms with Crippen LogP contribution in [-0.4, -0.2) is 46.8 Å². The van der Waals surface area contributed by atoms with Gasteiger partial charge in [0, 0.05) is 12.3 Å². The van der Waals surface area contributed by atoms with Gasteiger partial charge in [0.1, 0.15) is 11.6 Å². The van der Waals surface area contributed by atoms with Gasteiger partial charge in [0.15, 0.2) is 0 Å². The van der Waals surface area contributed by atoms with E-state index in [1.807, 2.05) is 11.2 Å². The Morgan fingerprint density at radius 2 is 2.00 bits per heavy atom. The summed E-state index contributed by atoms with van der Waals surface area (Å²) in [5.41, 5.74) is -0.585. The molecular weight excluding hydrogens is 272 g/mol. The molecule has 1 saturated heterocycles. The number of nitrogens with one attached hydrogen (secondary N) is 1. The summed E-state index contributed by atoms with van der Waals surface area (Å²) in [7, 11) is 0. The van der Waals surface area contributed by atoms with E-state index in [1.165, 1.54) is 6.42 Å². The predicted octanol–water partition coefficient (Wildman–Crippen LogP) is 2.18. The third-order valence-corrected chi connectivity index (χ3v) is 5.11. The average molecular weight is 298 g/mol. The molecule has 0 bridgehead atoms. The van der Waals surface area contributed by atoms with Gasteiger partial charge in [-0.2, -0.15) is 11.8 Å². The Bertz CT molecular complexity index is 367. The molecule has 114 valence electrons. The zero-order valence-corrected chi connectivity index (χ0v) is 13.4. The minimum absolute atomic E-state index is 0.0643. The van der Waals surface area contributed by atoms with E-state index in [9.17, 15) is 9.59 Å². The van der Waals surface area contributed by atoms with Crippen LogP contribution in [0.2, 0.25) is 0 Å². The SMILES string of the molecule is CCCC1C(=O)NC2(CCCCC2)C(=O)N1CCSC. The molecule has 1 unspecified atom stereocenters. The van der Waals surface area contributed by atoms with Crippen LogP contribution >= 0.6 is 11.8 Å². The summed E-state index contributed by atoms with van der Waals surface area (Å²) in [6.45, 7) is 2.76. The number of piperazine rings is 1. The molecule has 1 saturated carbocycles. The smallest absolute Gasteiger partial charge is 0.249 e. The van der Waals surface area contributed by atoms with Crippen LogP contribution in [-0.2, 0) is 9.59 Å². The monoisotopic (exact) mass is 298 g/mol. The lowest BCUT2D eigenvalue weighted by Gasteiger charge is -2.47. The van der Waals surface area contributed by atoms with Gasteiger partial charge in [-0.3, -0.25) is 9.59 Å². The first-order valence-corrected chi connectivity index (χ1v) is 9.16. The topological polar surface area (TPSA) is 49.4 Å². The van der Waals surface area contributed by atoms with Crippen molar-refractivity contribution in [2.45, 2.75) is 63.5 Å². The lowest BCUT2D eigenvalue weighted by molar-refractivity contribution is -0.156. The van der Waals surface area contributed by atoms with E-state index in [4.69, 9.17) is 0 Å². The molecule has 1 spiro atoms. The van der Waals surface area contributed by atoms with E-state index >= 15 is 0 Å². The van der Waals surface area contributed by atoms with Crippen molar-refractivity contribution in [1.82, 2.24) is 10.2 Å². The summed E-state index contributed by atoms with van der Waals surface area (Å²) in [5.74, 6) is 1.13. The molecule has 20 heavy (non-hydrogen) atoms. The first-order valence-electron chi connectivity index (χ1n) is 7.76. The van der Waals surface area contributed by atoms with Crippen molar-refractivity contribution in [1.29, 1.82) is 0 Å². The van der Waals surface area contributed by atoms with Crippen molar-refractivity contribution >= 4 is 23.6 Å². The Kier molecular flexibility index (Phi) is 5.35. The van der Waals surface area contributed by atoms with Gasteiger partial charge < -0.3 is 10.2 Å². The zero-order valence-electron chi connectivity index (χ0n) is 12.6. The quantitative estimate of drug-likeness (QED) is 0.846. The molecule has 0 aromatic carbocycles. The fraction of sp³-hybridized carbons (Fsp3) is 0.867. The van der Waals surface area contributed by atoms with Crippen LogP contribution in [0.4, 0.5) is 0 Å². The molecule has 2 amide bonds. The lowest BCUT2D eigenvalue weighted by atomic mass is 9.78. The number of rotatable bonds is 5. The first kappa shape index (κ1) is 15.7. The number of hydrogen-bond acceptors (Lipinski definition) is 3. The zero-order chi connectivity index (χ0) is 14.6. The fourth-order valence-electron chi connectivity index (χ4n) is 3.43. The normalized spacial score (nSPS) is 25.9. The van der Waals surface area contributed by atoms with Crippen LogP contribution in [0, 0.1) is 0 Å². The summed E-state index contributed by atoms with van der Waals surface area (Å²) >= 11 is 1.73. The molecule has 1 atom stereocenters. The minimum atomic E-state index is -0.585. The highest BCUT2D eigenvalue weighted by atomic mass is 32.2. The van der Waals surface area contributed by atoms with Crippen LogP contribution in [0.3, 0.4) is 0 Å². The number of hydrogen-bond donors (Lipinski definition) is 1. The summed E-state index contributed by atoms with van der Waals surface area (Å²) in [6, 6.07) is -0.257. The van der Waals surface area contributed by atoms with Crippen molar-refractivity contribution in [3.8, 4) is 0 Å². The van der Waals surface area contributed by atoms with E-state index < -0.39 is 5.54 Å². The highest BCUT2D eigenvalue weighted by Crippen LogP contribution is 2.34. The third kappa shape index (κ3) is 2.97. The van der Waals surface area contributed by atoms with E-state index in [0.29, 0.717) is 6.54 Å². The molecule has 0 radical (unpaired) electrons. The molecule has 2 aliphatic rings. The largest absolute Gasteiger partial charge is 0.340 e. The van der Waals surface area contributed by atoms with Gasteiger partial charge in [0.2, 0.25) is 11.8 Å². The van der Waals surface area contributed by atoms with Gasteiger partial charge in [-0.05, 0) is 25.5 Å². The maximum Gasteiger partial charge on any atom is 0.249 e. The van der Waals surface area contributed by atoms with Crippen molar-refractivity contribution in [2.24, 2.45) is 0 Å².